The van der Waals surface area contributed by atoms with Crippen LogP contribution in [0.25, 0.3) is 0 Å². The number of aliphatic hydroxyl groups is 1. The second kappa shape index (κ2) is 7.82. The predicted octanol–water partition coefficient (Wildman–Crippen LogP) is 1.27. The lowest BCUT2D eigenvalue weighted by Crippen LogP contribution is -2.45. The Morgan fingerprint density at radius 2 is 2.00 bits per heavy atom. The van der Waals surface area contributed by atoms with Crippen LogP contribution in [0.5, 0.6) is 0 Å². The average Bonchev–Trinajstić information content (AvgIpc) is 2.56. The minimum absolute atomic E-state index is 0.172. The maximum Gasteiger partial charge on any atom is 0.338 e. The van der Waals surface area contributed by atoms with Crippen molar-refractivity contribution in [3.63, 3.8) is 0 Å². The van der Waals surface area contributed by atoms with Gasteiger partial charge in [0.2, 0.25) is 0 Å². The number of hydrogen-bond acceptors (Lipinski definition) is 6. The average molecular weight is 327 g/mol. The standard InChI is InChI=1S/C15H15ClO6/c16-8-13(17)22-11-6-7-20-12(14(11)18)9-21-15(19)10-4-2-1-3-5-10/h1-7,11-12,14,18H,8-9H2/t11-,12-,14+/m1/s1. The summed E-state index contributed by atoms with van der Waals surface area (Å²) in [6.45, 7) is -0.172. The lowest BCUT2D eigenvalue weighted by atomic mass is 10.1. The minimum Gasteiger partial charge on any atom is -0.492 e. The number of benzene rings is 1. The van der Waals surface area contributed by atoms with E-state index in [1.165, 1.54) is 12.3 Å². The quantitative estimate of drug-likeness (QED) is 0.648. The van der Waals surface area contributed by atoms with Crippen LogP contribution in [0.4, 0.5) is 0 Å². The molecule has 1 aromatic carbocycles. The molecular weight excluding hydrogens is 312 g/mol. The van der Waals surface area contributed by atoms with E-state index < -0.39 is 30.3 Å². The third-order valence-corrected chi connectivity index (χ3v) is 3.22. The van der Waals surface area contributed by atoms with Gasteiger partial charge in [0.05, 0.1) is 11.8 Å². The Hall–Kier alpha value is -2.05. The number of aliphatic hydroxyl groups excluding tert-OH is 1. The van der Waals surface area contributed by atoms with E-state index in [2.05, 4.69) is 0 Å². The fraction of sp³-hybridized carbons (Fsp3) is 0.333. The number of carbonyl (C=O) groups is 2. The molecule has 1 aliphatic rings. The van der Waals surface area contributed by atoms with E-state index >= 15 is 0 Å². The Labute approximate surface area is 132 Å². The number of alkyl halides is 1. The molecule has 1 aliphatic heterocycles. The topological polar surface area (TPSA) is 82.1 Å². The summed E-state index contributed by atoms with van der Waals surface area (Å²) in [5.74, 6) is -1.50. The number of ether oxygens (including phenoxy) is 3. The first-order chi connectivity index (χ1) is 10.6. The van der Waals surface area contributed by atoms with E-state index in [-0.39, 0.29) is 12.5 Å². The van der Waals surface area contributed by atoms with Crippen molar-refractivity contribution in [1.29, 1.82) is 0 Å². The monoisotopic (exact) mass is 326 g/mol. The normalized spacial score (nSPS) is 23.5. The third kappa shape index (κ3) is 4.22. The summed E-state index contributed by atoms with van der Waals surface area (Å²) in [6.07, 6.45) is -0.183. The zero-order chi connectivity index (χ0) is 15.9. The van der Waals surface area contributed by atoms with Crippen LogP contribution in [0, 0.1) is 0 Å². The van der Waals surface area contributed by atoms with E-state index in [9.17, 15) is 14.7 Å². The van der Waals surface area contributed by atoms with Gasteiger partial charge in [-0.25, -0.2) is 4.79 Å². The Kier molecular flexibility index (Phi) is 5.80. The molecule has 1 heterocycles. The van der Waals surface area contributed by atoms with Gasteiger partial charge in [-0.2, -0.15) is 0 Å². The lowest BCUT2D eigenvalue weighted by molar-refractivity contribution is -0.156. The van der Waals surface area contributed by atoms with E-state index in [1.807, 2.05) is 0 Å². The summed E-state index contributed by atoms with van der Waals surface area (Å²) >= 11 is 5.35. The second-order valence-corrected chi connectivity index (χ2v) is 4.81. The summed E-state index contributed by atoms with van der Waals surface area (Å²) < 4.78 is 15.2. The van der Waals surface area contributed by atoms with Crippen LogP contribution in [-0.4, -0.2) is 47.8 Å². The molecule has 3 atom stereocenters. The highest BCUT2D eigenvalue weighted by atomic mass is 35.5. The van der Waals surface area contributed by atoms with Gasteiger partial charge < -0.3 is 19.3 Å². The number of esters is 2. The van der Waals surface area contributed by atoms with E-state index in [4.69, 9.17) is 25.8 Å². The highest BCUT2D eigenvalue weighted by Crippen LogP contribution is 2.17. The van der Waals surface area contributed by atoms with Crippen molar-refractivity contribution in [2.75, 3.05) is 12.5 Å². The van der Waals surface area contributed by atoms with Gasteiger partial charge in [0.25, 0.3) is 0 Å². The molecule has 6 nitrogen and oxygen atoms in total. The lowest BCUT2D eigenvalue weighted by Gasteiger charge is -2.30. The molecule has 118 valence electrons. The molecule has 1 N–H and O–H groups in total. The van der Waals surface area contributed by atoms with Gasteiger partial charge in [0.1, 0.15) is 18.6 Å². The largest absolute Gasteiger partial charge is 0.492 e. The van der Waals surface area contributed by atoms with E-state index in [0.717, 1.165) is 0 Å². The van der Waals surface area contributed by atoms with Crippen molar-refractivity contribution in [1.82, 2.24) is 0 Å². The Bertz CT molecular complexity index is 544. The molecule has 0 fully saturated rings. The van der Waals surface area contributed by atoms with Crippen molar-refractivity contribution in [2.24, 2.45) is 0 Å². The first-order valence-corrected chi connectivity index (χ1v) is 7.13. The molecule has 0 aliphatic carbocycles. The summed E-state index contributed by atoms with van der Waals surface area (Å²) in [5, 5.41) is 10.1. The highest BCUT2D eigenvalue weighted by Gasteiger charge is 2.34. The smallest absolute Gasteiger partial charge is 0.338 e. The Balaban J connectivity index is 1.89. The fourth-order valence-corrected chi connectivity index (χ4v) is 1.94. The van der Waals surface area contributed by atoms with Gasteiger partial charge in [-0.15, -0.1) is 11.6 Å². The molecule has 0 unspecified atom stereocenters. The van der Waals surface area contributed by atoms with Crippen LogP contribution >= 0.6 is 11.6 Å². The van der Waals surface area contributed by atoms with Crippen LogP contribution in [0.2, 0.25) is 0 Å². The van der Waals surface area contributed by atoms with E-state index in [0.29, 0.717) is 5.56 Å². The molecule has 0 bridgehead atoms. The molecule has 7 heteroatoms. The van der Waals surface area contributed by atoms with Gasteiger partial charge in [-0.05, 0) is 18.2 Å². The van der Waals surface area contributed by atoms with Crippen LogP contribution in [0.15, 0.2) is 42.7 Å². The second-order valence-electron chi connectivity index (χ2n) is 4.55. The molecule has 22 heavy (non-hydrogen) atoms. The zero-order valence-electron chi connectivity index (χ0n) is 11.6. The molecule has 0 amide bonds. The molecule has 0 spiro atoms. The van der Waals surface area contributed by atoms with Gasteiger partial charge in [0.15, 0.2) is 12.2 Å². The van der Waals surface area contributed by atoms with Crippen LogP contribution < -0.4 is 0 Å². The van der Waals surface area contributed by atoms with E-state index in [1.54, 1.807) is 30.3 Å². The first kappa shape index (κ1) is 16.3. The summed E-state index contributed by atoms with van der Waals surface area (Å²) in [5.41, 5.74) is 0.397. The van der Waals surface area contributed by atoms with Crippen molar-refractivity contribution in [3.05, 3.63) is 48.2 Å². The maximum absolute atomic E-state index is 11.8. The summed E-state index contributed by atoms with van der Waals surface area (Å²) in [4.78, 5) is 23.0. The Morgan fingerprint density at radius 3 is 2.68 bits per heavy atom. The highest BCUT2D eigenvalue weighted by molar-refractivity contribution is 6.26. The molecule has 1 aromatic rings. The van der Waals surface area contributed by atoms with Crippen LogP contribution in [-0.2, 0) is 19.0 Å². The zero-order valence-corrected chi connectivity index (χ0v) is 12.3. The van der Waals surface area contributed by atoms with Gasteiger partial charge in [-0.1, -0.05) is 18.2 Å². The van der Waals surface area contributed by atoms with Gasteiger partial charge >= 0.3 is 11.9 Å². The van der Waals surface area contributed by atoms with Gasteiger partial charge in [0, 0.05) is 0 Å². The number of rotatable bonds is 5. The van der Waals surface area contributed by atoms with Crippen LogP contribution in [0.1, 0.15) is 10.4 Å². The SMILES string of the molecule is O=C(CCl)O[C@@H]1C=CO[C@H](COC(=O)c2ccccc2)[C@H]1O. The molecule has 0 saturated carbocycles. The van der Waals surface area contributed by atoms with Crippen molar-refractivity contribution < 1.29 is 28.9 Å². The molecular formula is C15H15ClO6. The summed E-state index contributed by atoms with van der Waals surface area (Å²) in [6, 6.07) is 8.45. The minimum atomic E-state index is -1.15. The van der Waals surface area contributed by atoms with Crippen molar-refractivity contribution >= 4 is 23.5 Å². The third-order valence-electron chi connectivity index (χ3n) is 3.00. The molecule has 0 radical (unpaired) electrons. The maximum atomic E-state index is 11.8. The fourth-order valence-electron chi connectivity index (χ4n) is 1.88. The number of carbonyl (C=O) groups excluding carboxylic acids is 2. The van der Waals surface area contributed by atoms with Crippen molar-refractivity contribution in [2.45, 2.75) is 18.3 Å². The molecule has 2 rings (SSSR count). The van der Waals surface area contributed by atoms with Crippen molar-refractivity contribution in [3.8, 4) is 0 Å². The number of hydrogen-bond donors (Lipinski definition) is 1. The van der Waals surface area contributed by atoms with Crippen LogP contribution in [0.3, 0.4) is 0 Å². The molecule has 0 saturated heterocycles. The summed E-state index contributed by atoms with van der Waals surface area (Å²) in [7, 11) is 0. The van der Waals surface area contributed by atoms with Gasteiger partial charge in [-0.3, -0.25) is 4.79 Å². The number of halogens is 1. The predicted molar refractivity (Wildman–Crippen MR) is 77.3 cm³/mol. The Morgan fingerprint density at radius 1 is 1.27 bits per heavy atom. The first-order valence-electron chi connectivity index (χ1n) is 6.59. The molecule has 0 aromatic heterocycles.